The number of piperazine rings is 1. The number of aromatic nitrogens is 2. The number of nitrogens with zero attached hydrogens (tertiary/aromatic N) is 4. The van der Waals surface area contributed by atoms with E-state index in [1.165, 1.54) is 6.07 Å². The Morgan fingerprint density at radius 1 is 1.03 bits per heavy atom. The molecule has 3 aliphatic rings. The highest BCUT2D eigenvalue weighted by atomic mass is 35.5. The van der Waals surface area contributed by atoms with E-state index in [9.17, 15) is 18.0 Å². The van der Waals surface area contributed by atoms with E-state index in [-0.39, 0.29) is 24.7 Å². The molecule has 2 aromatic carbocycles. The maximum absolute atomic E-state index is 14.1. The molecule has 3 aliphatic heterocycles. The van der Waals surface area contributed by atoms with E-state index in [0.717, 1.165) is 10.4 Å². The molecule has 6 rings (SSSR count). The van der Waals surface area contributed by atoms with Crippen LogP contribution in [0.2, 0.25) is 5.02 Å². The normalized spacial score (nSPS) is 21.0. The summed E-state index contributed by atoms with van der Waals surface area (Å²) in [6.45, 7) is 2.07. The number of halogens is 4. The second-order valence-corrected chi connectivity index (χ2v) is 9.66. The Hall–Kier alpha value is -3.60. The van der Waals surface area contributed by atoms with Crippen molar-refractivity contribution in [3.63, 3.8) is 0 Å². The molecule has 37 heavy (non-hydrogen) atoms. The quantitative estimate of drug-likeness (QED) is 0.517. The van der Waals surface area contributed by atoms with Crippen LogP contribution in [0.4, 0.5) is 24.7 Å². The van der Waals surface area contributed by atoms with Gasteiger partial charge in [-0.25, -0.2) is 4.68 Å². The maximum Gasteiger partial charge on any atom is 0.410 e. The monoisotopic (exact) mass is 533 g/mol. The van der Waals surface area contributed by atoms with Gasteiger partial charge in [0.1, 0.15) is 5.82 Å². The molecule has 12 heteroatoms. The van der Waals surface area contributed by atoms with Crippen LogP contribution in [-0.2, 0) is 0 Å². The second kappa shape index (κ2) is 9.05. The summed E-state index contributed by atoms with van der Waals surface area (Å²) in [4.78, 5) is 17.0. The number of carbonyl (C=O) groups is 1. The topological polar surface area (TPSA) is 71.9 Å². The molecule has 194 valence electrons. The summed E-state index contributed by atoms with van der Waals surface area (Å²) in [7, 11) is 0. The smallest absolute Gasteiger partial charge is 0.410 e. The Labute approximate surface area is 215 Å². The first-order valence-electron chi connectivity index (χ1n) is 11.9. The van der Waals surface area contributed by atoms with Gasteiger partial charge in [0, 0.05) is 49.4 Å². The zero-order valence-corrected chi connectivity index (χ0v) is 20.3. The van der Waals surface area contributed by atoms with Crippen LogP contribution in [0.3, 0.4) is 0 Å². The first-order valence-corrected chi connectivity index (χ1v) is 12.3. The third-order valence-corrected chi connectivity index (χ3v) is 7.18. The lowest BCUT2D eigenvalue weighted by atomic mass is 9.96. The van der Waals surface area contributed by atoms with Gasteiger partial charge in [0.05, 0.1) is 6.04 Å². The van der Waals surface area contributed by atoms with Crippen molar-refractivity contribution in [1.82, 2.24) is 14.7 Å². The second-order valence-electron chi connectivity index (χ2n) is 9.22. The van der Waals surface area contributed by atoms with Gasteiger partial charge in [0.2, 0.25) is 6.79 Å². The van der Waals surface area contributed by atoms with E-state index in [1.54, 1.807) is 29.2 Å². The first kappa shape index (κ1) is 23.8. The van der Waals surface area contributed by atoms with E-state index < -0.39 is 24.2 Å². The van der Waals surface area contributed by atoms with Crippen LogP contribution in [0.15, 0.2) is 48.5 Å². The largest absolute Gasteiger partial charge is 0.454 e. The highest BCUT2D eigenvalue weighted by Crippen LogP contribution is 2.45. The van der Waals surface area contributed by atoms with E-state index in [1.807, 2.05) is 18.2 Å². The number of benzene rings is 2. The molecule has 1 fully saturated rings. The number of rotatable bonds is 3. The number of amides is 1. The van der Waals surface area contributed by atoms with Crippen molar-refractivity contribution in [3.05, 3.63) is 64.8 Å². The summed E-state index contributed by atoms with van der Waals surface area (Å²) < 4.78 is 53.8. The number of hydrogen-bond donors (Lipinski definition) is 1. The van der Waals surface area contributed by atoms with Crippen LogP contribution in [0.25, 0.3) is 0 Å². The summed E-state index contributed by atoms with van der Waals surface area (Å²) in [5.41, 5.74) is 1.58. The predicted octanol–water partition coefficient (Wildman–Crippen LogP) is 4.89. The van der Waals surface area contributed by atoms with Crippen LogP contribution in [0.1, 0.15) is 34.6 Å². The molecule has 0 bridgehead atoms. The van der Waals surface area contributed by atoms with Crippen LogP contribution in [-0.4, -0.2) is 59.7 Å². The minimum absolute atomic E-state index is 0.0145. The number of anilines is 2. The molecule has 3 aromatic rings. The van der Waals surface area contributed by atoms with Crippen LogP contribution >= 0.6 is 11.6 Å². The molecular formula is C25H23ClF3N5O3. The number of carbonyl (C=O) groups excluding carboxylic acids is 1. The van der Waals surface area contributed by atoms with Gasteiger partial charge in [0.15, 0.2) is 23.2 Å². The summed E-state index contributed by atoms with van der Waals surface area (Å²) in [5, 5.41) is 7.88. The van der Waals surface area contributed by atoms with Gasteiger partial charge in [0.25, 0.3) is 5.91 Å². The van der Waals surface area contributed by atoms with Crippen molar-refractivity contribution in [3.8, 4) is 11.5 Å². The van der Waals surface area contributed by atoms with Gasteiger partial charge in [-0.1, -0.05) is 23.7 Å². The Bertz CT molecular complexity index is 1340. The minimum Gasteiger partial charge on any atom is -0.454 e. The molecule has 2 atom stereocenters. The lowest BCUT2D eigenvalue weighted by molar-refractivity contribution is -0.173. The fourth-order valence-electron chi connectivity index (χ4n) is 5.03. The fraction of sp³-hybridized carbons (Fsp3) is 0.360. The molecule has 0 unspecified atom stereocenters. The molecule has 0 aliphatic carbocycles. The molecular weight excluding hydrogens is 511 g/mol. The SMILES string of the molecule is O=C(c1cc2n(n1)[C@@H](C(F)(F)F)C[C@@H](c1ccc3c(c1)OCO3)N2)N1CCN(c2cccc(Cl)c2)CC1. The van der Waals surface area contributed by atoms with Crippen molar-refractivity contribution < 1.29 is 27.4 Å². The third-order valence-electron chi connectivity index (χ3n) is 6.95. The molecule has 0 radical (unpaired) electrons. The van der Waals surface area contributed by atoms with Crippen LogP contribution in [0, 0.1) is 0 Å². The van der Waals surface area contributed by atoms with Crippen molar-refractivity contribution in [2.75, 3.05) is 43.2 Å². The van der Waals surface area contributed by atoms with E-state index in [2.05, 4.69) is 15.3 Å². The van der Waals surface area contributed by atoms with Crippen molar-refractivity contribution >= 4 is 29.0 Å². The zero-order valence-electron chi connectivity index (χ0n) is 19.5. The lowest BCUT2D eigenvalue weighted by Gasteiger charge is -2.35. The van der Waals surface area contributed by atoms with Crippen molar-refractivity contribution in [2.45, 2.75) is 24.7 Å². The molecule has 8 nitrogen and oxygen atoms in total. The van der Waals surface area contributed by atoms with Crippen LogP contribution < -0.4 is 19.7 Å². The molecule has 4 heterocycles. The number of ether oxygens (including phenoxy) is 2. The number of fused-ring (bicyclic) bond motifs is 2. The Morgan fingerprint density at radius 2 is 1.81 bits per heavy atom. The summed E-state index contributed by atoms with van der Waals surface area (Å²) >= 11 is 6.09. The summed E-state index contributed by atoms with van der Waals surface area (Å²) in [5.74, 6) is 0.808. The van der Waals surface area contributed by atoms with Gasteiger partial charge in [-0.2, -0.15) is 18.3 Å². The van der Waals surface area contributed by atoms with E-state index >= 15 is 0 Å². The van der Waals surface area contributed by atoms with Gasteiger partial charge < -0.3 is 24.6 Å². The number of hydrogen-bond acceptors (Lipinski definition) is 6. The number of nitrogens with one attached hydrogen (secondary N) is 1. The highest BCUT2D eigenvalue weighted by molar-refractivity contribution is 6.30. The summed E-state index contributed by atoms with van der Waals surface area (Å²) in [6.07, 6.45) is -4.82. The van der Waals surface area contributed by atoms with Crippen molar-refractivity contribution in [1.29, 1.82) is 0 Å². The number of alkyl halides is 3. The van der Waals surface area contributed by atoms with Gasteiger partial charge in [-0.15, -0.1) is 0 Å². The molecule has 0 spiro atoms. The van der Waals surface area contributed by atoms with E-state index in [0.29, 0.717) is 48.3 Å². The maximum atomic E-state index is 14.1. The van der Waals surface area contributed by atoms with Crippen LogP contribution in [0.5, 0.6) is 11.5 Å². The van der Waals surface area contributed by atoms with E-state index in [4.69, 9.17) is 21.1 Å². The molecule has 1 N–H and O–H groups in total. The Kier molecular flexibility index (Phi) is 5.82. The standard InChI is InChI=1S/C25H23ClF3N5O3/c26-16-2-1-3-17(11-16)32-6-8-33(9-7-32)24(35)19-13-23-30-18(12-22(25(27,28)29)34(23)31-19)15-4-5-20-21(10-15)37-14-36-20/h1-5,10-11,13,18,22,30H,6-9,12,14H2/t18-,22+/m0/s1. The average molecular weight is 534 g/mol. The van der Waals surface area contributed by atoms with Gasteiger partial charge >= 0.3 is 6.18 Å². The van der Waals surface area contributed by atoms with Crippen molar-refractivity contribution in [2.24, 2.45) is 0 Å². The molecule has 0 saturated carbocycles. The third kappa shape index (κ3) is 4.52. The Morgan fingerprint density at radius 3 is 2.57 bits per heavy atom. The average Bonchev–Trinajstić information content (AvgIpc) is 3.53. The molecule has 1 aromatic heterocycles. The first-order chi connectivity index (χ1) is 17.8. The Balaban J connectivity index is 1.21. The fourth-order valence-corrected chi connectivity index (χ4v) is 5.21. The summed E-state index contributed by atoms with van der Waals surface area (Å²) in [6, 6.07) is 11.5. The van der Waals surface area contributed by atoms with Gasteiger partial charge in [-0.05, 0) is 35.9 Å². The van der Waals surface area contributed by atoms with Gasteiger partial charge in [-0.3, -0.25) is 4.79 Å². The minimum atomic E-state index is -4.54. The molecule has 1 amide bonds. The zero-order chi connectivity index (χ0) is 25.7. The predicted molar refractivity (Wildman–Crippen MR) is 130 cm³/mol. The lowest BCUT2D eigenvalue weighted by Crippen LogP contribution is -2.49. The molecule has 1 saturated heterocycles. The highest BCUT2D eigenvalue weighted by Gasteiger charge is 2.47.